The van der Waals surface area contributed by atoms with E-state index in [1.165, 1.54) is 0 Å². The summed E-state index contributed by atoms with van der Waals surface area (Å²) >= 11 is 0. The molecule has 4 heteroatoms. The molecule has 2 aromatic carbocycles. The first kappa shape index (κ1) is 15.8. The van der Waals surface area contributed by atoms with Gasteiger partial charge in [-0.05, 0) is 63.2 Å². The van der Waals surface area contributed by atoms with Crippen molar-refractivity contribution < 1.29 is 4.79 Å². The molecule has 0 spiro atoms. The predicted octanol–water partition coefficient (Wildman–Crippen LogP) is 4.21. The highest BCUT2D eigenvalue weighted by Gasteiger charge is 2.07. The first-order chi connectivity index (χ1) is 11.4. The number of nitrogens with zero attached hydrogens (tertiary/aromatic N) is 1. The molecule has 120 valence electrons. The third-order valence-corrected chi connectivity index (χ3v) is 3.43. The Morgan fingerprint density at radius 2 is 1.88 bits per heavy atom. The van der Waals surface area contributed by atoms with Gasteiger partial charge in [0.15, 0.2) is 0 Å². The monoisotopic (exact) mass is 317 g/mol. The van der Waals surface area contributed by atoms with E-state index in [1.807, 2.05) is 30.3 Å². The topological polar surface area (TPSA) is 57.8 Å². The van der Waals surface area contributed by atoms with E-state index in [4.69, 9.17) is 0 Å². The van der Waals surface area contributed by atoms with Gasteiger partial charge in [-0.2, -0.15) is 5.10 Å². The van der Waals surface area contributed by atoms with Crippen molar-refractivity contribution in [3.05, 3.63) is 59.8 Å². The van der Waals surface area contributed by atoms with Crippen molar-refractivity contribution >= 4 is 22.5 Å². The van der Waals surface area contributed by atoms with E-state index in [0.717, 1.165) is 22.2 Å². The standard InChI is InChI=1S/C20H19N3O/c1-20(2,3)11-10-14-4-6-15(7-5-14)19(24)22-17-8-9-18-16(12-17)13-21-23-18/h4-9,12-13H,1-3H3,(H,21,23)(H,22,24). The van der Waals surface area contributed by atoms with E-state index in [2.05, 4.69) is 48.1 Å². The van der Waals surface area contributed by atoms with Crippen LogP contribution in [0.1, 0.15) is 36.7 Å². The number of benzene rings is 2. The van der Waals surface area contributed by atoms with E-state index in [-0.39, 0.29) is 11.3 Å². The fourth-order valence-corrected chi connectivity index (χ4v) is 2.19. The minimum Gasteiger partial charge on any atom is -0.322 e. The van der Waals surface area contributed by atoms with Crippen LogP contribution in [0, 0.1) is 17.3 Å². The van der Waals surface area contributed by atoms with Gasteiger partial charge in [0.2, 0.25) is 0 Å². The summed E-state index contributed by atoms with van der Waals surface area (Å²) in [5.41, 5.74) is 3.15. The molecule has 0 radical (unpaired) electrons. The Bertz CT molecular complexity index is 935. The van der Waals surface area contributed by atoms with Gasteiger partial charge in [-0.3, -0.25) is 9.89 Å². The van der Waals surface area contributed by atoms with Crippen LogP contribution in [0.3, 0.4) is 0 Å². The van der Waals surface area contributed by atoms with Crippen molar-refractivity contribution in [2.45, 2.75) is 20.8 Å². The summed E-state index contributed by atoms with van der Waals surface area (Å²) in [5, 5.41) is 10.7. The summed E-state index contributed by atoms with van der Waals surface area (Å²) < 4.78 is 0. The van der Waals surface area contributed by atoms with E-state index in [9.17, 15) is 4.79 Å². The molecule has 1 aromatic heterocycles. The number of carbonyl (C=O) groups is 1. The van der Waals surface area contributed by atoms with Crippen molar-refractivity contribution in [2.75, 3.05) is 5.32 Å². The van der Waals surface area contributed by atoms with Crippen LogP contribution in [-0.2, 0) is 0 Å². The van der Waals surface area contributed by atoms with Crippen LogP contribution in [0.4, 0.5) is 5.69 Å². The van der Waals surface area contributed by atoms with Crippen molar-refractivity contribution in [2.24, 2.45) is 5.41 Å². The van der Waals surface area contributed by atoms with Crippen molar-refractivity contribution in [3.8, 4) is 11.8 Å². The average molecular weight is 317 g/mol. The molecule has 24 heavy (non-hydrogen) atoms. The maximum absolute atomic E-state index is 12.3. The normalized spacial score (nSPS) is 11.0. The lowest BCUT2D eigenvalue weighted by Gasteiger charge is -2.07. The highest BCUT2D eigenvalue weighted by Crippen LogP contribution is 2.17. The van der Waals surface area contributed by atoms with E-state index in [0.29, 0.717) is 5.56 Å². The minimum absolute atomic E-state index is 0.0399. The van der Waals surface area contributed by atoms with Crippen LogP contribution in [0.25, 0.3) is 10.9 Å². The maximum Gasteiger partial charge on any atom is 0.255 e. The summed E-state index contributed by atoms with van der Waals surface area (Å²) in [6, 6.07) is 12.9. The number of nitrogens with one attached hydrogen (secondary N) is 2. The number of aromatic nitrogens is 2. The van der Waals surface area contributed by atoms with Gasteiger partial charge in [-0.15, -0.1) is 0 Å². The SMILES string of the molecule is CC(C)(C)C#Cc1ccc(C(=O)Nc2ccc3[nH]ncc3c2)cc1. The number of carbonyl (C=O) groups excluding carboxylic acids is 1. The number of H-pyrrole nitrogens is 1. The molecule has 1 amide bonds. The van der Waals surface area contributed by atoms with Crippen LogP contribution >= 0.6 is 0 Å². The Morgan fingerprint density at radius 1 is 1.12 bits per heavy atom. The highest BCUT2D eigenvalue weighted by atomic mass is 16.1. The second-order valence-corrected chi connectivity index (χ2v) is 6.70. The van der Waals surface area contributed by atoms with Crippen molar-refractivity contribution in [3.63, 3.8) is 0 Å². The van der Waals surface area contributed by atoms with Gasteiger partial charge in [0, 0.05) is 27.6 Å². The van der Waals surface area contributed by atoms with Crippen molar-refractivity contribution in [1.82, 2.24) is 10.2 Å². The molecule has 0 aliphatic carbocycles. The van der Waals surface area contributed by atoms with Crippen molar-refractivity contribution in [1.29, 1.82) is 0 Å². The summed E-state index contributed by atoms with van der Waals surface area (Å²) in [5.74, 6) is 6.16. The lowest BCUT2D eigenvalue weighted by molar-refractivity contribution is 0.102. The molecule has 0 bridgehead atoms. The molecular formula is C20H19N3O. The third-order valence-electron chi connectivity index (χ3n) is 3.43. The first-order valence-corrected chi connectivity index (χ1v) is 7.78. The van der Waals surface area contributed by atoms with Crippen LogP contribution in [-0.4, -0.2) is 16.1 Å². The number of fused-ring (bicyclic) bond motifs is 1. The lowest BCUT2D eigenvalue weighted by Crippen LogP contribution is -2.11. The number of anilines is 1. The summed E-state index contributed by atoms with van der Waals surface area (Å²) in [6.07, 6.45) is 1.73. The molecule has 0 atom stereocenters. The maximum atomic E-state index is 12.3. The molecule has 0 aliphatic rings. The van der Waals surface area contributed by atoms with Crippen LogP contribution in [0.5, 0.6) is 0 Å². The van der Waals surface area contributed by atoms with E-state index < -0.39 is 0 Å². The van der Waals surface area contributed by atoms with E-state index >= 15 is 0 Å². The zero-order valence-electron chi connectivity index (χ0n) is 14.0. The molecule has 3 aromatic rings. The van der Waals surface area contributed by atoms with Crippen LogP contribution in [0.15, 0.2) is 48.7 Å². The predicted molar refractivity (Wildman–Crippen MR) is 96.8 cm³/mol. The summed E-state index contributed by atoms with van der Waals surface area (Å²) in [4.78, 5) is 12.3. The molecule has 0 saturated carbocycles. The van der Waals surface area contributed by atoms with E-state index in [1.54, 1.807) is 18.3 Å². The molecule has 0 unspecified atom stereocenters. The first-order valence-electron chi connectivity index (χ1n) is 7.78. The molecule has 2 N–H and O–H groups in total. The second kappa shape index (κ2) is 6.21. The molecule has 0 fully saturated rings. The largest absolute Gasteiger partial charge is 0.322 e. The van der Waals surface area contributed by atoms with Gasteiger partial charge in [-0.1, -0.05) is 11.8 Å². The Morgan fingerprint density at radius 3 is 2.58 bits per heavy atom. The zero-order valence-corrected chi connectivity index (χ0v) is 14.0. The molecular weight excluding hydrogens is 298 g/mol. The van der Waals surface area contributed by atoms with Gasteiger partial charge >= 0.3 is 0 Å². The fourth-order valence-electron chi connectivity index (χ4n) is 2.19. The summed E-state index contributed by atoms with van der Waals surface area (Å²) in [6.45, 7) is 6.20. The van der Waals surface area contributed by atoms with Gasteiger partial charge in [0.1, 0.15) is 0 Å². The van der Waals surface area contributed by atoms with Gasteiger partial charge in [-0.25, -0.2) is 0 Å². The number of hydrogen-bond acceptors (Lipinski definition) is 2. The van der Waals surface area contributed by atoms with Gasteiger partial charge < -0.3 is 5.32 Å². The fraction of sp³-hybridized carbons (Fsp3) is 0.200. The number of aromatic amines is 1. The molecule has 0 saturated heterocycles. The van der Waals surface area contributed by atoms with Gasteiger partial charge in [0.25, 0.3) is 5.91 Å². The Labute approximate surface area is 141 Å². The van der Waals surface area contributed by atoms with Gasteiger partial charge in [0.05, 0.1) is 11.7 Å². The quantitative estimate of drug-likeness (QED) is 0.696. The molecule has 0 aliphatic heterocycles. The summed E-state index contributed by atoms with van der Waals surface area (Å²) in [7, 11) is 0. The second-order valence-electron chi connectivity index (χ2n) is 6.70. The average Bonchev–Trinajstić information content (AvgIpc) is 3.00. The smallest absolute Gasteiger partial charge is 0.255 e. The molecule has 3 rings (SSSR count). The third kappa shape index (κ3) is 3.82. The molecule has 1 heterocycles. The number of rotatable bonds is 2. The molecule has 4 nitrogen and oxygen atoms in total. The zero-order chi connectivity index (χ0) is 17.2. The number of hydrogen-bond donors (Lipinski definition) is 2. The lowest BCUT2D eigenvalue weighted by atomic mass is 9.97. The Hall–Kier alpha value is -3.06. The number of amides is 1. The minimum atomic E-state index is -0.145. The van der Waals surface area contributed by atoms with Crippen LogP contribution < -0.4 is 5.32 Å². The van der Waals surface area contributed by atoms with Crippen LogP contribution in [0.2, 0.25) is 0 Å². The highest BCUT2D eigenvalue weighted by molar-refractivity contribution is 6.05. The Balaban J connectivity index is 1.73. The Kier molecular flexibility index (Phi) is 4.09.